The zero-order valence-corrected chi connectivity index (χ0v) is 20.1. The summed E-state index contributed by atoms with van der Waals surface area (Å²) >= 11 is 0. The van der Waals surface area contributed by atoms with Crippen LogP contribution < -0.4 is 11.5 Å². The Morgan fingerprint density at radius 1 is 1.15 bits per heavy atom. The number of nitrogens with two attached hydrogens (primary N) is 2. The number of nitrogens with zero attached hydrogens (tertiary/aromatic N) is 6. The van der Waals surface area contributed by atoms with Crippen molar-refractivity contribution in [3.63, 3.8) is 0 Å². The van der Waals surface area contributed by atoms with E-state index in [4.69, 9.17) is 16.2 Å². The molecule has 10 nitrogen and oxygen atoms in total. The molecule has 10 heteroatoms. The summed E-state index contributed by atoms with van der Waals surface area (Å²) in [6.07, 6.45) is 9.10. The van der Waals surface area contributed by atoms with Crippen LogP contribution in [0, 0.1) is 5.92 Å². The number of rotatable bonds is 10. The molecule has 1 atom stereocenters. The van der Waals surface area contributed by atoms with Gasteiger partial charge in [0.05, 0.1) is 36.0 Å². The van der Waals surface area contributed by atoms with Crippen molar-refractivity contribution >= 4 is 17.7 Å². The maximum Gasteiger partial charge on any atom is 0.281 e. The molecule has 0 radical (unpaired) electrons. The molecule has 0 aliphatic heterocycles. The first kappa shape index (κ1) is 25.0. The van der Waals surface area contributed by atoms with Crippen molar-refractivity contribution in [2.75, 3.05) is 18.9 Å². The summed E-state index contributed by atoms with van der Waals surface area (Å²) in [5, 5.41) is 4.22. The van der Waals surface area contributed by atoms with E-state index in [1.54, 1.807) is 29.5 Å². The summed E-state index contributed by atoms with van der Waals surface area (Å²) in [7, 11) is 0. The van der Waals surface area contributed by atoms with Gasteiger partial charge >= 0.3 is 0 Å². The molecule has 0 saturated heterocycles. The predicted molar refractivity (Wildman–Crippen MR) is 131 cm³/mol. The van der Waals surface area contributed by atoms with E-state index in [9.17, 15) is 4.79 Å². The maximum atomic E-state index is 12.8. The predicted octanol–water partition coefficient (Wildman–Crippen LogP) is 2.86. The molecular weight excluding hydrogens is 432 g/mol. The molecule has 3 heterocycles. The molecular formula is C24H32N8O2. The molecule has 0 aromatic carbocycles. The maximum absolute atomic E-state index is 12.8. The standard InChI is InChI=1S/C24H32N8O2/c1-5-9-34-10-8-32-15-18(13-30-32)21(33)31-22(25)24(4,16(2)3)19-6-7-20(27-14-19)17-11-28-23(26)29-12-17/h6-7,11-16H,5,8-10H2,1-4H3,(H2,25,31,33)(H2,26,28,29). The Morgan fingerprint density at radius 2 is 1.88 bits per heavy atom. The van der Waals surface area contributed by atoms with Gasteiger partial charge in [0, 0.05) is 37.0 Å². The molecule has 3 aromatic heterocycles. The Balaban J connectivity index is 1.79. The molecule has 1 amide bonds. The third-order valence-electron chi connectivity index (χ3n) is 5.93. The lowest BCUT2D eigenvalue weighted by atomic mass is 9.73. The average Bonchev–Trinajstić information content (AvgIpc) is 3.31. The average molecular weight is 465 g/mol. The molecule has 3 rings (SSSR count). The van der Waals surface area contributed by atoms with Crippen molar-refractivity contribution in [2.45, 2.75) is 46.1 Å². The smallest absolute Gasteiger partial charge is 0.281 e. The van der Waals surface area contributed by atoms with Crippen molar-refractivity contribution < 1.29 is 9.53 Å². The third-order valence-corrected chi connectivity index (χ3v) is 5.93. The van der Waals surface area contributed by atoms with Crippen LogP contribution in [0.4, 0.5) is 5.95 Å². The Hall–Kier alpha value is -3.66. The summed E-state index contributed by atoms with van der Waals surface area (Å²) in [6.45, 7) is 9.87. The number of carbonyl (C=O) groups is 1. The summed E-state index contributed by atoms with van der Waals surface area (Å²) in [6, 6.07) is 3.80. The molecule has 0 saturated carbocycles. The van der Waals surface area contributed by atoms with Gasteiger partial charge in [-0.15, -0.1) is 0 Å². The number of nitrogen functional groups attached to an aromatic ring is 1. The van der Waals surface area contributed by atoms with Crippen LogP contribution in [0.25, 0.3) is 11.3 Å². The highest BCUT2D eigenvalue weighted by atomic mass is 16.5. The van der Waals surface area contributed by atoms with E-state index < -0.39 is 11.3 Å². The van der Waals surface area contributed by atoms with Crippen LogP contribution in [-0.2, 0) is 16.7 Å². The number of aliphatic imine (C=N–C) groups is 1. The van der Waals surface area contributed by atoms with Crippen LogP contribution in [-0.4, -0.2) is 49.7 Å². The summed E-state index contributed by atoms with van der Waals surface area (Å²) in [5.41, 5.74) is 14.0. The van der Waals surface area contributed by atoms with Crippen LogP contribution in [0.15, 0.2) is 48.1 Å². The van der Waals surface area contributed by atoms with Crippen molar-refractivity contribution in [2.24, 2.45) is 16.6 Å². The largest absolute Gasteiger partial charge is 0.386 e. The zero-order chi connectivity index (χ0) is 24.7. The molecule has 1 unspecified atom stereocenters. The van der Waals surface area contributed by atoms with Crippen molar-refractivity contribution in [1.29, 1.82) is 0 Å². The molecule has 0 aliphatic rings. The molecule has 34 heavy (non-hydrogen) atoms. The van der Waals surface area contributed by atoms with Crippen molar-refractivity contribution in [3.8, 4) is 11.3 Å². The van der Waals surface area contributed by atoms with Gasteiger partial charge in [0.15, 0.2) is 0 Å². The fraction of sp³-hybridized carbons (Fsp3) is 0.417. The highest BCUT2D eigenvalue weighted by molar-refractivity contribution is 6.05. The Morgan fingerprint density at radius 3 is 2.50 bits per heavy atom. The highest BCUT2D eigenvalue weighted by Gasteiger charge is 2.36. The topological polar surface area (TPSA) is 147 Å². The van der Waals surface area contributed by atoms with Crippen LogP contribution in [0.1, 0.15) is 50.0 Å². The number of hydrogen-bond donors (Lipinski definition) is 2. The second kappa shape index (κ2) is 11.0. The number of aromatic nitrogens is 5. The van der Waals surface area contributed by atoms with E-state index in [-0.39, 0.29) is 17.7 Å². The number of amidine groups is 1. The van der Waals surface area contributed by atoms with Crippen LogP contribution >= 0.6 is 0 Å². The van der Waals surface area contributed by atoms with Gasteiger partial charge in [-0.3, -0.25) is 14.5 Å². The van der Waals surface area contributed by atoms with Gasteiger partial charge in [0.2, 0.25) is 5.95 Å². The first-order valence-corrected chi connectivity index (χ1v) is 11.3. The second-order valence-corrected chi connectivity index (χ2v) is 8.53. The fourth-order valence-electron chi connectivity index (χ4n) is 3.41. The van der Waals surface area contributed by atoms with Crippen molar-refractivity contribution in [3.05, 3.63) is 54.2 Å². The molecule has 0 spiro atoms. The lowest BCUT2D eigenvalue weighted by Gasteiger charge is -2.33. The Labute approximate surface area is 199 Å². The van der Waals surface area contributed by atoms with Gasteiger partial charge in [0.25, 0.3) is 5.91 Å². The number of pyridine rings is 1. The van der Waals surface area contributed by atoms with Crippen LogP contribution in [0.2, 0.25) is 0 Å². The minimum atomic E-state index is -0.706. The molecule has 0 aliphatic carbocycles. The van der Waals surface area contributed by atoms with Crippen LogP contribution in [0.5, 0.6) is 0 Å². The molecule has 180 valence electrons. The SMILES string of the molecule is CCCOCCn1cc(C(=O)N=C(N)C(C)(c2ccc(-c3cnc(N)nc3)nc2)C(C)C)cn1. The number of amides is 1. The zero-order valence-electron chi connectivity index (χ0n) is 20.1. The van der Waals surface area contributed by atoms with Gasteiger partial charge in [-0.2, -0.15) is 10.1 Å². The third kappa shape index (κ3) is 5.63. The minimum Gasteiger partial charge on any atom is -0.386 e. The number of anilines is 1. The monoisotopic (exact) mass is 464 g/mol. The molecule has 0 bridgehead atoms. The van der Waals surface area contributed by atoms with Gasteiger partial charge in [0.1, 0.15) is 5.84 Å². The second-order valence-electron chi connectivity index (χ2n) is 8.53. The minimum absolute atomic E-state index is 0.0509. The van der Waals surface area contributed by atoms with E-state index in [1.165, 1.54) is 6.20 Å². The number of ether oxygens (including phenoxy) is 1. The number of carbonyl (C=O) groups excluding carboxylic acids is 1. The normalized spacial score (nSPS) is 13.7. The van der Waals surface area contributed by atoms with E-state index in [2.05, 4.69) is 32.0 Å². The first-order valence-electron chi connectivity index (χ1n) is 11.3. The fourth-order valence-corrected chi connectivity index (χ4v) is 3.41. The summed E-state index contributed by atoms with van der Waals surface area (Å²) < 4.78 is 7.14. The van der Waals surface area contributed by atoms with E-state index >= 15 is 0 Å². The Kier molecular flexibility index (Phi) is 8.06. The van der Waals surface area contributed by atoms with Gasteiger partial charge in [-0.25, -0.2) is 9.97 Å². The van der Waals surface area contributed by atoms with Crippen LogP contribution in [0.3, 0.4) is 0 Å². The number of hydrogen-bond acceptors (Lipinski definition) is 7. The Bertz CT molecular complexity index is 1120. The van der Waals surface area contributed by atoms with Gasteiger partial charge < -0.3 is 16.2 Å². The summed E-state index contributed by atoms with van der Waals surface area (Å²) in [4.78, 5) is 29.6. The molecule has 4 N–H and O–H groups in total. The van der Waals surface area contributed by atoms with Gasteiger partial charge in [-0.05, 0) is 30.9 Å². The van der Waals surface area contributed by atoms with E-state index in [0.29, 0.717) is 31.0 Å². The quantitative estimate of drug-likeness (QED) is 0.264. The molecule has 0 fully saturated rings. The van der Waals surface area contributed by atoms with E-state index in [0.717, 1.165) is 17.5 Å². The summed E-state index contributed by atoms with van der Waals surface area (Å²) in [5.74, 6) is 0.0392. The van der Waals surface area contributed by atoms with E-state index in [1.807, 2.05) is 32.9 Å². The first-order chi connectivity index (χ1) is 16.3. The van der Waals surface area contributed by atoms with Crippen molar-refractivity contribution in [1.82, 2.24) is 24.7 Å². The molecule has 3 aromatic rings. The van der Waals surface area contributed by atoms with Gasteiger partial charge in [-0.1, -0.05) is 26.8 Å². The highest BCUT2D eigenvalue weighted by Crippen LogP contribution is 2.33. The lowest BCUT2D eigenvalue weighted by molar-refractivity contribution is 0.100. The lowest BCUT2D eigenvalue weighted by Crippen LogP contribution is -2.43.